The number of amides is 2. The van der Waals surface area contributed by atoms with Gasteiger partial charge in [0, 0.05) is 18.1 Å². The third-order valence-corrected chi connectivity index (χ3v) is 4.95. The Balaban J connectivity index is 2.19. The van der Waals surface area contributed by atoms with Gasteiger partial charge in [-0.25, -0.2) is 0 Å². The van der Waals surface area contributed by atoms with E-state index in [1.165, 1.54) is 0 Å². The zero-order valence-electron chi connectivity index (χ0n) is 16.7. The first-order valence-corrected chi connectivity index (χ1v) is 10.4. The SMILES string of the molecule is CCCNC(=O)C(CC)N(Cc1ccc(Cl)cc1)C(=O)COc1ccccc1Cl. The summed E-state index contributed by atoms with van der Waals surface area (Å²) in [5, 5.41) is 3.92. The van der Waals surface area contributed by atoms with E-state index in [1.807, 2.05) is 26.0 Å². The summed E-state index contributed by atoms with van der Waals surface area (Å²) in [5.74, 6) is -0.0368. The van der Waals surface area contributed by atoms with Gasteiger partial charge in [0.15, 0.2) is 6.61 Å². The summed E-state index contributed by atoms with van der Waals surface area (Å²) in [6.07, 6.45) is 1.31. The van der Waals surface area contributed by atoms with Gasteiger partial charge in [0.2, 0.25) is 5.91 Å². The lowest BCUT2D eigenvalue weighted by atomic mass is 10.1. The standard InChI is InChI=1S/C22H26Cl2N2O3/c1-3-13-25-22(28)19(4-2)26(14-16-9-11-17(23)12-10-16)21(27)15-29-20-8-6-5-7-18(20)24/h5-12,19H,3-4,13-15H2,1-2H3,(H,25,28). The number of carbonyl (C=O) groups excluding carboxylic acids is 2. The lowest BCUT2D eigenvalue weighted by Gasteiger charge is -2.30. The number of nitrogens with one attached hydrogen (secondary N) is 1. The molecule has 1 N–H and O–H groups in total. The summed E-state index contributed by atoms with van der Waals surface area (Å²) in [6.45, 7) is 4.49. The van der Waals surface area contributed by atoms with Crippen LogP contribution >= 0.6 is 23.2 Å². The quantitative estimate of drug-likeness (QED) is 0.586. The molecule has 0 saturated carbocycles. The second kappa shape index (κ2) is 11.7. The van der Waals surface area contributed by atoms with E-state index in [4.69, 9.17) is 27.9 Å². The number of ether oxygens (including phenoxy) is 1. The number of benzene rings is 2. The summed E-state index contributed by atoms with van der Waals surface area (Å²) in [7, 11) is 0. The van der Waals surface area contributed by atoms with Crippen LogP contribution in [0.1, 0.15) is 32.3 Å². The van der Waals surface area contributed by atoms with Gasteiger partial charge in [-0.15, -0.1) is 0 Å². The Morgan fingerprint density at radius 1 is 1.07 bits per heavy atom. The fourth-order valence-corrected chi connectivity index (χ4v) is 3.17. The van der Waals surface area contributed by atoms with E-state index >= 15 is 0 Å². The molecular formula is C22H26Cl2N2O3. The first-order valence-electron chi connectivity index (χ1n) is 9.65. The molecule has 1 atom stereocenters. The molecule has 1 unspecified atom stereocenters. The number of nitrogens with zero attached hydrogens (tertiary/aromatic N) is 1. The minimum atomic E-state index is -0.598. The molecule has 5 nitrogen and oxygen atoms in total. The van der Waals surface area contributed by atoms with E-state index in [0.29, 0.717) is 28.8 Å². The van der Waals surface area contributed by atoms with Crippen LogP contribution in [0.3, 0.4) is 0 Å². The zero-order chi connectivity index (χ0) is 21.2. The molecule has 0 spiro atoms. The van der Waals surface area contributed by atoms with Crippen LogP contribution in [0.5, 0.6) is 5.75 Å². The van der Waals surface area contributed by atoms with E-state index in [1.54, 1.807) is 41.3 Å². The maximum absolute atomic E-state index is 13.0. The highest BCUT2D eigenvalue weighted by Crippen LogP contribution is 2.23. The molecule has 7 heteroatoms. The monoisotopic (exact) mass is 436 g/mol. The minimum Gasteiger partial charge on any atom is -0.482 e. The lowest BCUT2D eigenvalue weighted by molar-refractivity contribution is -0.143. The summed E-state index contributed by atoms with van der Waals surface area (Å²) >= 11 is 12.1. The van der Waals surface area contributed by atoms with Crippen molar-refractivity contribution >= 4 is 35.0 Å². The van der Waals surface area contributed by atoms with Crippen molar-refractivity contribution in [3.63, 3.8) is 0 Å². The van der Waals surface area contributed by atoms with Gasteiger partial charge in [-0.05, 0) is 42.7 Å². The van der Waals surface area contributed by atoms with Crippen molar-refractivity contribution in [2.45, 2.75) is 39.3 Å². The Morgan fingerprint density at radius 2 is 1.76 bits per heavy atom. The smallest absolute Gasteiger partial charge is 0.261 e. The molecule has 0 fully saturated rings. The maximum atomic E-state index is 13.0. The Hall–Kier alpha value is -2.24. The van der Waals surface area contributed by atoms with E-state index < -0.39 is 6.04 Å². The Morgan fingerprint density at radius 3 is 2.38 bits per heavy atom. The van der Waals surface area contributed by atoms with Crippen molar-refractivity contribution in [1.82, 2.24) is 10.2 Å². The van der Waals surface area contributed by atoms with Crippen LogP contribution in [0.2, 0.25) is 10.0 Å². The van der Waals surface area contributed by atoms with Gasteiger partial charge >= 0.3 is 0 Å². The number of hydrogen-bond acceptors (Lipinski definition) is 3. The van der Waals surface area contributed by atoms with E-state index in [0.717, 1.165) is 12.0 Å². The molecule has 0 bridgehead atoms. The number of rotatable bonds is 10. The topological polar surface area (TPSA) is 58.6 Å². The van der Waals surface area contributed by atoms with Crippen LogP contribution in [0.25, 0.3) is 0 Å². The van der Waals surface area contributed by atoms with Gasteiger partial charge in [-0.2, -0.15) is 0 Å². The van der Waals surface area contributed by atoms with Crippen LogP contribution in [0.15, 0.2) is 48.5 Å². The van der Waals surface area contributed by atoms with Crippen molar-refractivity contribution in [3.05, 3.63) is 64.1 Å². The Labute approximate surface area is 181 Å². The fraction of sp³-hybridized carbons (Fsp3) is 0.364. The lowest BCUT2D eigenvalue weighted by Crippen LogP contribution is -2.50. The summed E-state index contributed by atoms with van der Waals surface area (Å²) < 4.78 is 5.62. The Bertz CT molecular complexity index is 812. The molecule has 0 aromatic heterocycles. The van der Waals surface area contributed by atoms with Gasteiger partial charge in [0.1, 0.15) is 11.8 Å². The molecule has 2 aromatic rings. The first kappa shape index (κ1) is 23.0. The summed E-state index contributed by atoms with van der Waals surface area (Å²) in [4.78, 5) is 27.2. The third kappa shape index (κ3) is 6.94. The van der Waals surface area contributed by atoms with Crippen molar-refractivity contribution < 1.29 is 14.3 Å². The summed E-state index contributed by atoms with van der Waals surface area (Å²) in [6, 6.07) is 13.6. The number of halogens is 2. The second-order valence-electron chi connectivity index (χ2n) is 6.58. The van der Waals surface area contributed by atoms with Crippen LogP contribution in [0.4, 0.5) is 0 Å². The van der Waals surface area contributed by atoms with Crippen molar-refractivity contribution in [1.29, 1.82) is 0 Å². The van der Waals surface area contributed by atoms with Crippen molar-refractivity contribution in [2.24, 2.45) is 0 Å². The van der Waals surface area contributed by atoms with Gasteiger partial charge in [-0.1, -0.05) is 61.3 Å². The van der Waals surface area contributed by atoms with Gasteiger partial charge in [0.05, 0.1) is 5.02 Å². The van der Waals surface area contributed by atoms with Crippen molar-refractivity contribution in [3.8, 4) is 5.75 Å². The highest BCUT2D eigenvalue weighted by atomic mass is 35.5. The molecule has 0 aliphatic heterocycles. The number of carbonyl (C=O) groups is 2. The molecule has 0 radical (unpaired) electrons. The first-order chi connectivity index (χ1) is 14.0. The molecule has 0 aliphatic rings. The molecule has 0 heterocycles. The average molecular weight is 437 g/mol. The van der Waals surface area contributed by atoms with Gasteiger partial charge in [0.25, 0.3) is 5.91 Å². The minimum absolute atomic E-state index is 0.172. The predicted octanol–water partition coefficient (Wildman–Crippen LogP) is 4.71. The highest BCUT2D eigenvalue weighted by Gasteiger charge is 2.28. The fourth-order valence-electron chi connectivity index (χ4n) is 2.86. The zero-order valence-corrected chi connectivity index (χ0v) is 18.2. The maximum Gasteiger partial charge on any atom is 0.261 e. The molecule has 2 amide bonds. The molecule has 0 saturated heterocycles. The molecule has 2 aromatic carbocycles. The van der Waals surface area contributed by atoms with Crippen LogP contribution in [0, 0.1) is 0 Å². The van der Waals surface area contributed by atoms with Crippen molar-refractivity contribution in [2.75, 3.05) is 13.2 Å². The second-order valence-corrected chi connectivity index (χ2v) is 7.43. The van der Waals surface area contributed by atoms with Gasteiger partial charge in [-0.3, -0.25) is 9.59 Å². The number of hydrogen-bond donors (Lipinski definition) is 1. The van der Waals surface area contributed by atoms with E-state index in [9.17, 15) is 9.59 Å². The summed E-state index contributed by atoms with van der Waals surface area (Å²) in [5.41, 5.74) is 0.877. The third-order valence-electron chi connectivity index (χ3n) is 4.39. The average Bonchev–Trinajstić information content (AvgIpc) is 2.72. The normalized spacial score (nSPS) is 11.6. The van der Waals surface area contributed by atoms with E-state index in [-0.39, 0.29) is 25.0 Å². The predicted molar refractivity (Wildman–Crippen MR) is 116 cm³/mol. The number of para-hydroxylation sites is 1. The molecule has 0 aliphatic carbocycles. The molecule has 2 rings (SSSR count). The molecule has 29 heavy (non-hydrogen) atoms. The molecule has 156 valence electrons. The van der Waals surface area contributed by atoms with Crippen LogP contribution < -0.4 is 10.1 Å². The molecular weight excluding hydrogens is 411 g/mol. The van der Waals surface area contributed by atoms with Gasteiger partial charge < -0.3 is 15.0 Å². The van der Waals surface area contributed by atoms with Crippen LogP contribution in [-0.4, -0.2) is 35.9 Å². The highest BCUT2D eigenvalue weighted by molar-refractivity contribution is 6.32. The van der Waals surface area contributed by atoms with E-state index in [2.05, 4.69) is 5.32 Å². The van der Waals surface area contributed by atoms with Crippen LogP contribution in [-0.2, 0) is 16.1 Å². The Kier molecular flexibility index (Phi) is 9.29. The largest absolute Gasteiger partial charge is 0.482 e.